The highest BCUT2D eigenvalue weighted by atomic mass is 16.2. The van der Waals surface area contributed by atoms with Crippen molar-refractivity contribution in [3.8, 4) is 0 Å². The monoisotopic (exact) mass is 594 g/mol. The van der Waals surface area contributed by atoms with Gasteiger partial charge in [0.1, 0.15) is 11.9 Å². The predicted molar refractivity (Wildman–Crippen MR) is 168 cm³/mol. The van der Waals surface area contributed by atoms with E-state index in [2.05, 4.69) is 53.9 Å². The summed E-state index contributed by atoms with van der Waals surface area (Å²) in [5, 5.41) is 9.06. The Morgan fingerprint density at radius 2 is 1.68 bits per heavy atom. The number of hydrogen-bond donors (Lipinski definition) is 3. The van der Waals surface area contributed by atoms with Gasteiger partial charge in [0.2, 0.25) is 17.8 Å². The van der Waals surface area contributed by atoms with Crippen molar-refractivity contribution in [1.29, 1.82) is 0 Å². The first-order chi connectivity index (χ1) is 21.5. The Bertz CT molecular complexity index is 1560. The number of piperidine rings is 3. The molecule has 0 radical (unpaired) electrons. The number of amides is 3. The number of anilines is 5. The Balaban J connectivity index is 1.01. The summed E-state index contributed by atoms with van der Waals surface area (Å²) in [6.45, 7) is 4.91. The van der Waals surface area contributed by atoms with E-state index < -0.39 is 11.9 Å². The summed E-state index contributed by atoms with van der Waals surface area (Å²) < 4.78 is 0. The minimum Gasteiger partial charge on any atom is -0.371 e. The molecule has 1 aromatic heterocycles. The van der Waals surface area contributed by atoms with E-state index in [9.17, 15) is 14.4 Å². The van der Waals surface area contributed by atoms with E-state index in [-0.39, 0.29) is 24.8 Å². The lowest BCUT2D eigenvalue weighted by Gasteiger charge is -2.41. The fourth-order valence-electron chi connectivity index (χ4n) is 7.01. The predicted octanol–water partition coefficient (Wildman–Crippen LogP) is 4.18. The molecular formula is C33H38N8O3. The highest BCUT2D eigenvalue weighted by Crippen LogP contribution is 2.34. The maximum absolute atomic E-state index is 13.2. The fraction of sp³-hybridized carbons (Fsp3) is 0.424. The Morgan fingerprint density at radius 1 is 0.864 bits per heavy atom. The van der Waals surface area contributed by atoms with Crippen molar-refractivity contribution in [3.05, 3.63) is 65.9 Å². The molecule has 0 aliphatic carbocycles. The molecule has 3 aromatic rings. The minimum absolute atomic E-state index is 0.209. The third kappa shape index (κ3) is 5.84. The molecule has 228 valence electrons. The number of aromatic nitrogens is 2. The summed E-state index contributed by atoms with van der Waals surface area (Å²) >= 11 is 0. The molecule has 5 heterocycles. The van der Waals surface area contributed by atoms with Gasteiger partial charge in [-0.15, -0.1) is 0 Å². The Labute approximate surface area is 257 Å². The van der Waals surface area contributed by atoms with Crippen molar-refractivity contribution in [2.45, 2.75) is 63.6 Å². The molecule has 1 atom stereocenters. The molecule has 11 nitrogen and oxygen atoms in total. The summed E-state index contributed by atoms with van der Waals surface area (Å²) in [4.78, 5) is 53.1. The number of nitrogens with one attached hydrogen (secondary N) is 3. The topological polar surface area (TPSA) is 123 Å². The Hall–Kier alpha value is -4.51. The zero-order valence-corrected chi connectivity index (χ0v) is 24.8. The molecule has 7 rings (SSSR count). The maximum Gasteiger partial charge on any atom is 0.255 e. The molecule has 2 aromatic carbocycles. The first kappa shape index (κ1) is 28.3. The van der Waals surface area contributed by atoms with E-state index in [4.69, 9.17) is 0 Å². The zero-order valence-electron chi connectivity index (χ0n) is 24.8. The number of benzene rings is 2. The molecule has 44 heavy (non-hydrogen) atoms. The van der Waals surface area contributed by atoms with Gasteiger partial charge >= 0.3 is 0 Å². The molecule has 3 saturated heterocycles. The second-order valence-electron chi connectivity index (χ2n) is 12.1. The number of carbonyl (C=O) groups is 3. The standard InChI is InChI=1S/C33H38N8O3/c42-30-11-10-28(31(43)38-30)41-21-26-25(32(41)44)8-5-9-27(26)36-29-12-15-34-33(37-29)35-22-6-4-7-24(20-22)40-18-13-23(14-19-40)39-16-2-1-3-17-39/h4-9,12,15,20,23,28H,1-3,10-11,13-14,16-19,21H2,(H,38,42,43)(H2,34,35,36,37). The number of likely N-dealkylation sites (tertiary alicyclic amines) is 1. The lowest BCUT2D eigenvalue weighted by molar-refractivity contribution is -0.136. The van der Waals surface area contributed by atoms with Gasteiger partial charge in [0, 0.05) is 66.5 Å². The third-order valence-electron chi connectivity index (χ3n) is 9.34. The van der Waals surface area contributed by atoms with Gasteiger partial charge in [-0.25, -0.2) is 4.98 Å². The van der Waals surface area contributed by atoms with E-state index >= 15 is 0 Å². The molecule has 3 amide bonds. The number of rotatable bonds is 7. The molecule has 0 spiro atoms. The third-order valence-corrected chi connectivity index (χ3v) is 9.34. The van der Waals surface area contributed by atoms with Crippen molar-refractivity contribution in [1.82, 2.24) is 25.1 Å². The van der Waals surface area contributed by atoms with Crippen LogP contribution in [-0.2, 0) is 16.1 Å². The van der Waals surface area contributed by atoms with Gasteiger partial charge in [0.25, 0.3) is 5.91 Å². The molecule has 0 saturated carbocycles. The van der Waals surface area contributed by atoms with Crippen molar-refractivity contribution in [2.75, 3.05) is 41.7 Å². The van der Waals surface area contributed by atoms with Crippen molar-refractivity contribution < 1.29 is 14.4 Å². The van der Waals surface area contributed by atoms with Gasteiger partial charge in [-0.3, -0.25) is 19.7 Å². The lowest BCUT2D eigenvalue weighted by Crippen LogP contribution is -2.52. The van der Waals surface area contributed by atoms with Gasteiger partial charge in [-0.2, -0.15) is 4.98 Å². The number of carbonyl (C=O) groups excluding carboxylic acids is 3. The largest absolute Gasteiger partial charge is 0.371 e. The van der Waals surface area contributed by atoms with Crippen LogP contribution < -0.4 is 20.9 Å². The van der Waals surface area contributed by atoms with Gasteiger partial charge in [0.15, 0.2) is 0 Å². The normalized spacial score (nSPS) is 21.3. The number of nitrogens with zero attached hydrogens (tertiary/aromatic N) is 5. The fourth-order valence-corrected chi connectivity index (χ4v) is 7.01. The van der Waals surface area contributed by atoms with Crippen LogP contribution in [0, 0.1) is 0 Å². The quantitative estimate of drug-likeness (QED) is 0.346. The van der Waals surface area contributed by atoms with Crippen LogP contribution in [0.1, 0.15) is 60.9 Å². The van der Waals surface area contributed by atoms with Gasteiger partial charge in [-0.1, -0.05) is 18.6 Å². The first-order valence-electron chi connectivity index (χ1n) is 15.7. The van der Waals surface area contributed by atoms with Crippen LogP contribution in [0.4, 0.5) is 28.8 Å². The van der Waals surface area contributed by atoms with Crippen LogP contribution in [0.25, 0.3) is 0 Å². The Kier molecular flexibility index (Phi) is 7.86. The molecule has 4 aliphatic heterocycles. The molecule has 11 heteroatoms. The molecular weight excluding hydrogens is 556 g/mol. The highest BCUT2D eigenvalue weighted by molar-refractivity contribution is 6.06. The van der Waals surface area contributed by atoms with E-state index in [1.54, 1.807) is 23.2 Å². The average Bonchev–Trinajstić information content (AvgIpc) is 3.38. The second-order valence-corrected chi connectivity index (χ2v) is 12.1. The summed E-state index contributed by atoms with van der Waals surface area (Å²) in [7, 11) is 0. The van der Waals surface area contributed by atoms with Gasteiger partial charge < -0.3 is 25.3 Å². The molecule has 4 aliphatic rings. The maximum atomic E-state index is 13.2. The second kappa shape index (κ2) is 12.2. The number of hydrogen-bond acceptors (Lipinski definition) is 9. The first-order valence-corrected chi connectivity index (χ1v) is 15.7. The Morgan fingerprint density at radius 3 is 2.50 bits per heavy atom. The highest BCUT2D eigenvalue weighted by Gasteiger charge is 2.40. The summed E-state index contributed by atoms with van der Waals surface area (Å²) in [6.07, 6.45) is 8.69. The molecule has 3 fully saturated rings. The average molecular weight is 595 g/mol. The van der Waals surface area contributed by atoms with Crippen LogP contribution in [-0.4, -0.2) is 75.8 Å². The summed E-state index contributed by atoms with van der Waals surface area (Å²) in [5.74, 6) is 0.113. The van der Waals surface area contributed by atoms with Crippen LogP contribution in [0.3, 0.4) is 0 Å². The minimum atomic E-state index is -0.660. The van der Waals surface area contributed by atoms with Crippen molar-refractivity contribution >= 4 is 46.5 Å². The summed E-state index contributed by atoms with van der Waals surface area (Å²) in [5.41, 5.74) is 4.21. The lowest BCUT2D eigenvalue weighted by atomic mass is 9.99. The molecule has 0 bridgehead atoms. The van der Waals surface area contributed by atoms with Crippen LogP contribution >= 0.6 is 0 Å². The summed E-state index contributed by atoms with van der Waals surface area (Å²) in [6, 6.07) is 15.7. The van der Waals surface area contributed by atoms with E-state index in [0.29, 0.717) is 29.8 Å². The van der Waals surface area contributed by atoms with E-state index in [1.807, 2.05) is 18.2 Å². The van der Waals surface area contributed by atoms with Crippen molar-refractivity contribution in [2.24, 2.45) is 0 Å². The van der Waals surface area contributed by atoms with E-state index in [0.717, 1.165) is 30.0 Å². The number of fused-ring (bicyclic) bond motifs is 1. The zero-order chi connectivity index (χ0) is 30.0. The smallest absolute Gasteiger partial charge is 0.255 e. The number of imide groups is 1. The molecule has 1 unspecified atom stereocenters. The molecule has 3 N–H and O–H groups in total. The van der Waals surface area contributed by atoms with E-state index in [1.165, 1.54) is 50.9 Å². The van der Waals surface area contributed by atoms with Crippen molar-refractivity contribution in [3.63, 3.8) is 0 Å². The SMILES string of the molecule is O=C1CCC(N2Cc3c(Nc4ccnc(Nc5cccc(N6CCC(N7CCCCC7)CC6)c5)n4)cccc3C2=O)C(=O)N1. The van der Waals surface area contributed by atoms with Gasteiger partial charge in [0.05, 0.1) is 0 Å². The van der Waals surface area contributed by atoms with Crippen LogP contribution in [0.2, 0.25) is 0 Å². The van der Waals surface area contributed by atoms with Crippen LogP contribution in [0.5, 0.6) is 0 Å². The van der Waals surface area contributed by atoms with Gasteiger partial charge in [-0.05, 0) is 81.6 Å². The van der Waals surface area contributed by atoms with Crippen LogP contribution in [0.15, 0.2) is 54.7 Å².